The predicted octanol–water partition coefficient (Wildman–Crippen LogP) is 7.33. The van der Waals surface area contributed by atoms with Gasteiger partial charge in [-0.05, 0) is 98.4 Å². The number of carbonyl (C=O) groups is 3. The average molecular weight is 864 g/mol. The van der Waals surface area contributed by atoms with Crippen molar-refractivity contribution in [3.8, 4) is 11.4 Å². The maximum Gasteiger partial charge on any atom is 0.405 e. The fourth-order valence-corrected chi connectivity index (χ4v) is 10.1. The van der Waals surface area contributed by atoms with Gasteiger partial charge in [0.2, 0.25) is 5.91 Å². The van der Waals surface area contributed by atoms with Crippen LogP contribution in [0, 0.1) is 19.7 Å². The minimum atomic E-state index is -2.03. The van der Waals surface area contributed by atoms with Gasteiger partial charge >= 0.3 is 12.1 Å². The van der Waals surface area contributed by atoms with E-state index in [1.165, 1.54) is 10.6 Å². The minimum absolute atomic E-state index is 0.0232. The highest BCUT2D eigenvalue weighted by Crippen LogP contribution is 2.46. The number of aryl methyl sites for hydroxylation is 2. The highest BCUT2D eigenvalue weighted by Gasteiger charge is 2.46. The van der Waals surface area contributed by atoms with Gasteiger partial charge in [-0.3, -0.25) is 14.9 Å². The van der Waals surface area contributed by atoms with Gasteiger partial charge in [-0.15, -0.1) is 0 Å². The lowest BCUT2D eigenvalue weighted by Gasteiger charge is -2.37. The summed E-state index contributed by atoms with van der Waals surface area (Å²) in [5.41, 5.74) is 5.18. The van der Waals surface area contributed by atoms with E-state index in [4.69, 9.17) is 9.72 Å². The predicted molar refractivity (Wildman–Crippen MR) is 239 cm³/mol. The summed E-state index contributed by atoms with van der Waals surface area (Å²) >= 11 is 0. The molecule has 6 aromatic rings. The Morgan fingerprint density at radius 2 is 1.61 bits per heavy atom. The molecule has 4 heterocycles. The molecule has 3 atom stereocenters. The number of hydrogen-bond donors (Lipinski definition) is 5. The van der Waals surface area contributed by atoms with E-state index in [1.807, 2.05) is 36.4 Å². The Kier molecular flexibility index (Phi) is 11.2. The smallest absolute Gasteiger partial charge is 0.405 e. The van der Waals surface area contributed by atoms with Gasteiger partial charge in [-0.1, -0.05) is 97.4 Å². The largest absolute Gasteiger partial charge is 0.465 e. The summed E-state index contributed by atoms with van der Waals surface area (Å²) in [6.45, 7) is 5.74. The second kappa shape index (κ2) is 16.8. The van der Waals surface area contributed by atoms with Crippen molar-refractivity contribution < 1.29 is 33.7 Å². The third-order valence-electron chi connectivity index (χ3n) is 13.5. The van der Waals surface area contributed by atoms with Gasteiger partial charge in [0.25, 0.3) is 5.56 Å². The van der Waals surface area contributed by atoms with Crippen molar-refractivity contribution in [3.63, 3.8) is 0 Å². The first-order valence-corrected chi connectivity index (χ1v) is 21.9. The molecule has 4 aromatic carbocycles. The standard InChI is InChI=1S/C51H50FN5O7/c1-4-50(63)37-25-42-45-35(27-57(42)47(59)36(37)28-64-48(50)60)44-39(23-22-34-30(3)38(52)26-41(54-45)43(34)44)55-46(58)40(56-49(61)62)17-11-12-24-53-51(31-13-7-5-8-14-31,32-15-9-6-10-16-32)33-20-18-29(2)19-21-33/h5-10,13-16,18-21,25-26,39-40,53,56,63H,4,11-12,17,22-24,27-28H2,1-3H3,(H,55,58)(H,61,62)/t39-,40?,50-/m0/s1. The number of amides is 2. The number of rotatable bonds is 13. The molecule has 13 heteroatoms. The van der Waals surface area contributed by atoms with Crippen LogP contribution in [0.4, 0.5) is 9.18 Å². The van der Waals surface area contributed by atoms with Crippen molar-refractivity contribution in [2.45, 2.75) is 95.7 Å². The first kappa shape index (κ1) is 42.6. The molecule has 0 saturated carbocycles. The number of halogens is 1. The number of aliphatic hydroxyl groups is 1. The zero-order chi connectivity index (χ0) is 44.9. The summed E-state index contributed by atoms with van der Waals surface area (Å²) < 4.78 is 22.3. The van der Waals surface area contributed by atoms with Crippen LogP contribution in [0.1, 0.15) is 101 Å². The average Bonchev–Trinajstić information content (AvgIpc) is 3.67. The van der Waals surface area contributed by atoms with E-state index in [1.54, 1.807) is 19.9 Å². The van der Waals surface area contributed by atoms with Gasteiger partial charge in [0.1, 0.15) is 18.5 Å². The molecule has 328 valence electrons. The Labute approximate surface area is 369 Å². The number of esters is 1. The molecule has 5 N–H and O–H groups in total. The number of pyridine rings is 2. The quantitative estimate of drug-likeness (QED) is 0.0453. The van der Waals surface area contributed by atoms with Crippen LogP contribution in [-0.4, -0.2) is 50.3 Å². The summed E-state index contributed by atoms with van der Waals surface area (Å²) in [5, 5.41) is 31.5. The van der Waals surface area contributed by atoms with Crippen molar-refractivity contribution in [2.24, 2.45) is 0 Å². The number of aromatic nitrogens is 2. The molecule has 3 aliphatic rings. The van der Waals surface area contributed by atoms with Gasteiger partial charge in [0, 0.05) is 22.6 Å². The summed E-state index contributed by atoms with van der Waals surface area (Å²) in [7, 11) is 0. The van der Waals surface area contributed by atoms with Crippen LogP contribution in [0.15, 0.2) is 102 Å². The van der Waals surface area contributed by atoms with Crippen molar-refractivity contribution in [1.82, 2.24) is 25.5 Å². The Morgan fingerprint density at radius 1 is 0.938 bits per heavy atom. The third-order valence-corrected chi connectivity index (χ3v) is 13.5. The maximum absolute atomic E-state index is 15.5. The molecular formula is C51H50FN5O7. The number of nitrogens with one attached hydrogen (secondary N) is 3. The van der Waals surface area contributed by atoms with E-state index < -0.39 is 52.6 Å². The monoisotopic (exact) mass is 863 g/mol. The molecule has 1 unspecified atom stereocenters. The summed E-state index contributed by atoms with van der Waals surface area (Å²) in [6, 6.07) is 30.2. The van der Waals surface area contributed by atoms with Crippen LogP contribution in [0.3, 0.4) is 0 Å². The highest BCUT2D eigenvalue weighted by molar-refractivity contribution is 5.94. The zero-order valence-corrected chi connectivity index (χ0v) is 36.0. The Bertz CT molecular complexity index is 2840. The molecular weight excluding hydrogens is 814 g/mol. The summed E-state index contributed by atoms with van der Waals surface area (Å²) in [4.78, 5) is 58.3. The van der Waals surface area contributed by atoms with Crippen molar-refractivity contribution >= 4 is 28.9 Å². The third kappa shape index (κ3) is 7.12. The topological polar surface area (TPSA) is 172 Å². The molecule has 0 radical (unpaired) electrons. The maximum atomic E-state index is 15.5. The SMILES string of the molecule is CC[C@@]1(O)C(=O)OCc2c1cc1n(c2=O)Cc2c-1nc1cc(F)c(C)c3c1c2[C@@H](NC(=O)C(CCCCNC(c1ccccc1)(c1ccccc1)c1ccc(C)cc1)NC(=O)O)CC3. The molecule has 1 aliphatic carbocycles. The number of hydrogen-bond acceptors (Lipinski definition) is 8. The van der Waals surface area contributed by atoms with Crippen molar-refractivity contribution in [1.29, 1.82) is 0 Å². The fourth-order valence-electron chi connectivity index (χ4n) is 10.1. The van der Waals surface area contributed by atoms with Gasteiger partial charge in [0.05, 0.1) is 40.6 Å². The molecule has 2 amide bonds. The van der Waals surface area contributed by atoms with E-state index in [0.29, 0.717) is 71.2 Å². The van der Waals surface area contributed by atoms with E-state index >= 15 is 4.39 Å². The van der Waals surface area contributed by atoms with E-state index in [2.05, 4.69) is 71.4 Å². The first-order valence-electron chi connectivity index (χ1n) is 21.9. The van der Waals surface area contributed by atoms with Crippen molar-refractivity contribution in [3.05, 3.63) is 169 Å². The summed E-state index contributed by atoms with van der Waals surface area (Å²) in [5.74, 6) is -1.78. The molecule has 12 nitrogen and oxygen atoms in total. The van der Waals surface area contributed by atoms with Gasteiger partial charge in [-0.2, -0.15) is 0 Å². The highest BCUT2D eigenvalue weighted by atomic mass is 19.1. The number of carbonyl (C=O) groups excluding carboxylic acids is 2. The summed E-state index contributed by atoms with van der Waals surface area (Å²) in [6.07, 6.45) is 0.821. The second-order valence-corrected chi connectivity index (χ2v) is 17.2. The van der Waals surface area contributed by atoms with Crippen LogP contribution >= 0.6 is 0 Å². The van der Waals surface area contributed by atoms with Gasteiger partial charge in [-0.25, -0.2) is 19.0 Å². The van der Waals surface area contributed by atoms with Crippen LogP contribution in [0.2, 0.25) is 0 Å². The van der Waals surface area contributed by atoms with E-state index in [-0.39, 0.29) is 37.1 Å². The normalized spacial score (nSPS) is 17.8. The molecule has 0 fully saturated rings. The fraction of sp³-hybridized carbons (Fsp3) is 0.314. The molecule has 64 heavy (non-hydrogen) atoms. The molecule has 9 rings (SSSR count). The number of carboxylic acid groups (broad SMARTS) is 1. The minimum Gasteiger partial charge on any atom is -0.465 e. The number of benzene rings is 4. The van der Waals surface area contributed by atoms with E-state index in [9.17, 15) is 29.4 Å². The number of ether oxygens (including phenoxy) is 1. The zero-order valence-electron chi connectivity index (χ0n) is 36.0. The van der Waals surface area contributed by atoms with Gasteiger partial charge < -0.3 is 30.2 Å². The van der Waals surface area contributed by atoms with Crippen molar-refractivity contribution in [2.75, 3.05) is 6.54 Å². The number of unbranched alkanes of at least 4 members (excludes halogenated alkanes) is 1. The molecule has 2 aliphatic heterocycles. The van der Waals surface area contributed by atoms with Crippen LogP contribution in [0.25, 0.3) is 22.3 Å². The van der Waals surface area contributed by atoms with E-state index in [0.717, 1.165) is 27.8 Å². The first-order chi connectivity index (χ1) is 30.8. The van der Waals surface area contributed by atoms with Gasteiger partial charge in [0.15, 0.2) is 5.60 Å². The number of fused-ring (bicyclic) bond motifs is 5. The van der Waals surface area contributed by atoms with Crippen LogP contribution < -0.4 is 21.5 Å². The molecule has 0 saturated heterocycles. The molecule has 0 bridgehead atoms. The lowest BCUT2D eigenvalue weighted by Crippen LogP contribution is -2.48. The number of nitrogens with zero attached hydrogens (tertiary/aromatic N) is 2. The van der Waals surface area contributed by atoms with Crippen LogP contribution in [-0.2, 0) is 45.0 Å². The Balaban J connectivity index is 0.997. The lowest BCUT2D eigenvalue weighted by atomic mass is 9.76. The van der Waals surface area contributed by atoms with Crippen LogP contribution in [0.5, 0.6) is 0 Å². The second-order valence-electron chi connectivity index (χ2n) is 17.2. The molecule has 2 aromatic heterocycles. The number of cyclic esters (lactones) is 1. The Hall–Kier alpha value is -6.70. The lowest BCUT2D eigenvalue weighted by molar-refractivity contribution is -0.172. The Morgan fingerprint density at radius 3 is 2.27 bits per heavy atom. The molecule has 0 spiro atoms.